The van der Waals surface area contributed by atoms with Gasteiger partial charge in [0.1, 0.15) is 0 Å². The molecule has 0 radical (unpaired) electrons. The molecule has 0 aliphatic rings. The molecule has 0 spiro atoms. The van der Waals surface area contributed by atoms with Crippen molar-refractivity contribution in [3.8, 4) is 0 Å². The van der Waals surface area contributed by atoms with Crippen molar-refractivity contribution in [3.05, 3.63) is 60.7 Å². The van der Waals surface area contributed by atoms with E-state index in [9.17, 15) is 26.3 Å². The summed E-state index contributed by atoms with van der Waals surface area (Å²) < 4.78 is 76.5. The lowest BCUT2D eigenvalue weighted by atomic mass is 9.51. The first-order valence-corrected chi connectivity index (χ1v) is 6.51. The van der Waals surface area contributed by atoms with Gasteiger partial charge in [-0.25, -0.2) is 0 Å². The predicted octanol–water partition coefficient (Wildman–Crippen LogP) is 3.36. The zero-order valence-electron chi connectivity index (χ0n) is 11.6. The van der Waals surface area contributed by atoms with E-state index in [-0.39, 0.29) is 10.9 Å². The summed E-state index contributed by atoms with van der Waals surface area (Å²) >= 11 is 0. The summed E-state index contributed by atoms with van der Waals surface area (Å²) in [4.78, 5) is 3.03. The molecule has 0 aliphatic carbocycles. The van der Waals surface area contributed by atoms with Crippen LogP contribution in [-0.2, 0) is 0 Å². The number of alkyl halides is 6. The van der Waals surface area contributed by atoms with Gasteiger partial charge in [-0.3, -0.25) is 0 Å². The van der Waals surface area contributed by atoms with Gasteiger partial charge in [0.2, 0.25) is 5.71 Å². The molecule has 0 N–H and O–H groups in total. The van der Waals surface area contributed by atoms with Crippen LogP contribution in [0.2, 0.25) is 0 Å². The third-order valence-electron chi connectivity index (χ3n) is 3.03. The van der Waals surface area contributed by atoms with E-state index in [1.54, 1.807) is 12.1 Å². The Bertz CT molecular complexity index is 608. The average molecular weight is 329 g/mol. The quantitative estimate of drug-likeness (QED) is 0.465. The standard InChI is InChI=1S/C15H10BF6N/c17-14(18,19)13(15(20,21)22)23-16(11-7-3-1-4-8-11)12-9-5-2-6-10-12/h1-10H. The molecule has 1 nitrogen and oxygen atoms in total. The van der Waals surface area contributed by atoms with Crippen molar-refractivity contribution < 1.29 is 26.3 Å². The minimum Gasteiger partial charge on any atom is -0.321 e. The number of rotatable bonds is 3. The van der Waals surface area contributed by atoms with Crippen molar-refractivity contribution in [1.29, 1.82) is 0 Å². The second-order valence-electron chi connectivity index (χ2n) is 4.70. The van der Waals surface area contributed by atoms with E-state index in [1.165, 1.54) is 48.5 Å². The Morgan fingerprint density at radius 1 is 0.652 bits per heavy atom. The summed E-state index contributed by atoms with van der Waals surface area (Å²) in [5.41, 5.74) is -2.27. The molecule has 2 rings (SSSR count). The van der Waals surface area contributed by atoms with E-state index >= 15 is 0 Å². The van der Waals surface area contributed by atoms with Crippen LogP contribution >= 0.6 is 0 Å². The summed E-state index contributed by atoms with van der Waals surface area (Å²) in [6.45, 7) is -1.39. The molecule has 0 aromatic heterocycles. The Morgan fingerprint density at radius 3 is 1.30 bits per heavy atom. The highest BCUT2D eigenvalue weighted by atomic mass is 19.4. The Balaban J connectivity index is 2.60. The third-order valence-corrected chi connectivity index (χ3v) is 3.03. The van der Waals surface area contributed by atoms with Crippen molar-refractivity contribution in [2.24, 2.45) is 4.90 Å². The molecule has 8 heteroatoms. The van der Waals surface area contributed by atoms with Crippen LogP contribution in [0.5, 0.6) is 0 Å². The van der Waals surface area contributed by atoms with Gasteiger partial charge >= 0.3 is 19.2 Å². The van der Waals surface area contributed by atoms with E-state index < -0.39 is 24.9 Å². The molecule has 0 bridgehead atoms. The molecule has 2 aromatic carbocycles. The average Bonchev–Trinajstić information content (AvgIpc) is 2.47. The van der Waals surface area contributed by atoms with E-state index in [0.717, 1.165) is 0 Å². The molecule has 0 aliphatic heterocycles. The van der Waals surface area contributed by atoms with Gasteiger partial charge in [0.05, 0.1) is 0 Å². The Morgan fingerprint density at radius 2 is 1.00 bits per heavy atom. The fraction of sp³-hybridized carbons (Fsp3) is 0.133. The van der Waals surface area contributed by atoms with Gasteiger partial charge in [0.25, 0.3) is 0 Å². The normalized spacial score (nSPS) is 11.9. The van der Waals surface area contributed by atoms with E-state index in [0.29, 0.717) is 0 Å². The van der Waals surface area contributed by atoms with Gasteiger partial charge in [-0.1, -0.05) is 60.7 Å². The molecule has 0 amide bonds. The fourth-order valence-electron chi connectivity index (χ4n) is 2.05. The highest BCUT2D eigenvalue weighted by molar-refractivity contribution is 6.84. The lowest BCUT2D eigenvalue weighted by molar-refractivity contribution is -0.117. The molecule has 0 unspecified atom stereocenters. The topological polar surface area (TPSA) is 12.4 Å². The first kappa shape index (κ1) is 17.1. The Hall–Kier alpha value is -2.25. The van der Waals surface area contributed by atoms with Crippen molar-refractivity contribution in [2.75, 3.05) is 0 Å². The zero-order valence-corrected chi connectivity index (χ0v) is 11.6. The summed E-state index contributed by atoms with van der Waals surface area (Å²) in [5.74, 6) is 0. The molecule has 0 fully saturated rings. The van der Waals surface area contributed by atoms with Crippen LogP contribution in [-0.4, -0.2) is 24.9 Å². The minimum absolute atomic E-state index is 0.240. The molecule has 0 saturated heterocycles. The molecule has 2 aromatic rings. The van der Waals surface area contributed by atoms with Crippen LogP contribution in [0.4, 0.5) is 26.3 Å². The van der Waals surface area contributed by atoms with Crippen LogP contribution in [0.3, 0.4) is 0 Å². The van der Waals surface area contributed by atoms with Gasteiger partial charge in [-0.05, 0) is 10.9 Å². The summed E-state index contributed by atoms with van der Waals surface area (Å²) in [7, 11) is 0. The first-order chi connectivity index (χ1) is 10.7. The molecule has 0 heterocycles. The second kappa shape index (κ2) is 6.48. The lowest BCUT2D eigenvalue weighted by Crippen LogP contribution is -2.46. The first-order valence-electron chi connectivity index (χ1n) is 6.51. The number of benzene rings is 2. The van der Waals surface area contributed by atoms with E-state index in [4.69, 9.17) is 0 Å². The van der Waals surface area contributed by atoms with Gasteiger partial charge in [-0.15, -0.1) is 0 Å². The minimum atomic E-state index is -5.58. The molecule has 0 atom stereocenters. The van der Waals surface area contributed by atoms with Gasteiger partial charge in [0, 0.05) is 0 Å². The van der Waals surface area contributed by atoms with E-state index in [1.807, 2.05) is 0 Å². The Labute approximate surface area is 128 Å². The monoisotopic (exact) mass is 329 g/mol. The molecule has 120 valence electrons. The van der Waals surface area contributed by atoms with Crippen LogP contribution < -0.4 is 10.9 Å². The maximum atomic E-state index is 12.8. The maximum Gasteiger partial charge on any atom is 0.436 e. The van der Waals surface area contributed by atoms with Crippen molar-refractivity contribution in [1.82, 2.24) is 0 Å². The Kier molecular flexibility index (Phi) is 4.82. The number of halogens is 6. The summed E-state index contributed by atoms with van der Waals surface area (Å²) in [6, 6.07) is 15.1. The van der Waals surface area contributed by atoms with Crippen molar-refractivity contribution in [3.63, 3.8) is 0 Å². The SMILES string of the molecule is FC(F)(F)C(=NB(c1ccccc1)c1ccccc1)C(F)(F)F. The fourth-order valence-corrected chi connectivity index (χ4v) is 2.05. The molecule has 0 saturated carbocycles. The third kappa shape index (κ3) is 4.37. The van der Waals surface area contributed by atoms with Gasteiger partial charge in [0.15, 0.2) is 0 Å². The van der Waals surface area contributed by atoms with Crippen LogP contribution in [0.15, 0.2) is 65.6 Å². The zero-order chi connectivity index (χ0) is 17.1. The second-order valence-corrected chi connectivity index (χ2v) is 4.70. The highest BCUT2D eigenvalue weighted by Gasteiger charge is 2.53. The predicted molar refractivity (Wildman–Crippen MR) is 77.5 cm³/mol. The van der Waals surface area contributed by atoms with Gasteiger partial charge < -0.3 is 4.90 Å². The van der Waals surface area contributed by atoms with Gasteiger partial charge in [-0.2, -0.15) is 26.3 Å². The highest BCUT2D eigenvalue weighted by Crippen LogP contribution is 2.30. The molecular formula is C15H10BF6N. The molecular weight excluding hydrogens is 319 g/mol. The molecule has 23 heavy (non-hydrogen) atoms. The van der Waals surface area contributed by atoms with Crippen molar-refractivity contribution >= 4 is 23.5 Å². The van der Waals surface area contributed by atoms with Crippen LogP contribution in [0.1, 0.15) is 0 Å². The summed E-state index contributed by atoms with van der Waals surface area (Å²) in [5, 5.41) is 0. The maximum absolute atomic E-state index is 12.8. The lowest BCUT2D eigenvalue weighted by Gasteiger charge is -2.17. The largest absolute Gasteiger partial charge is 0.436 e. The van der Waals surface area contributed by atoms with Crippen LogP contribution in [0.25, 0.3) is 0 Å². The van der Waals surface area contributed by atoms with Crippen LogP contribution in [0, 0.1) is 0 Å². The number of hydrogen-bond donors (Lipinski definition) is 0. The smallest absolute Gasteiger partial charge is 0.321 e. The summed E-state index contributed by atoms with van der Waals surface area (Å²) in [6.07, 6.45) is -11.2. The number of nitrogens with zero attached hydrogens (tertiary/aromatic N) is 1. The van der Waals surface area contributed by atoms with Crippen molar-refractivity contribution in [2.45, 2.75) is 12.4 Å². The number of hydrogen-bond acceptors (Lipinski definition) is 1. The van der Waals surface area contributed by atoms with E-state index in [2.05, 4.69) is 4.90 Å².